The smallest absolute Gasteiger partial charge is 0.167 e. The van der Waals surface area contributed by atoms with Gasteiger partial charge in [-0.05, 0) is 32.5 Å². The molecule has 1 rings (SSSR count). The lowest BCUT2D eigenvalue weighted by Gasteiger charge is -2.09. The average molecular weight is 207 g/mol. The minimum absolute atomic E-state index is 0.0460. The summed E-state index contributed by atoms with van der Waals surface area (Å²) in [6.45, 7) is 4.79. The van der Waals surface area contributed by atoms with Gasteiger partial charge in [-0.15, -0.1) is 0 Å². The fourth-order valence-electron chi connectivity index (χ4n) is 1.41. The maximum Gasteiger partial charge on any atom is 0.167 e. The zero-order valence-electron chi connectivity index (χ0n) is 9.25. The van der Waals surface area contributed by atoms with Crippen LogP contribution in [0, 0.1) is 6.92 Å². The molecule has 3 nitrogen and oxygen atoms in total. The van der Waals surface area contributed by atoms with Crippen LogP contribution < -0.4 is 10.5 Å². The molecule has 1 aromatic rings. The van der Waals surface area contributed by atoms with Crippen molar-refractivity contribution in [1.82, 2.24) is 0 Å². The van der Waals surface area contributed by atoms with E-state index >= 15 is 0 Å². The van der Waals surface area contributed by atoms with Crippen LogP contribution in [0.1, 0.15) is 29.3 Å². The van der Waals surface area contributed by atoms with Gasteiger partial charge in [0.15, 0.2) is 5.78 Å². The van der Waals surface area contributed by atoms with Gasteiger partial charge in [-0.2, -0.15) is 0 Å². The summed E-state index contributed by atoms with van der Waals surface area (Å²) < 4.78 is 5.40. The molecule has 0 aliphatic rings. The normalized spacial score (nSPS) is 10.1. The first-order valence-corrected chi connectivity index (χ1v) is 5.15. The third-order valence-electron chi connectivity index (χ3n) is 2.11. The van der Waals surface area contributed by atoms with Gasteiger partial charge in [0, 0.05) is 6.42 Å². The molecule has 15 heavy (non-hydrogen) atoms. The predicted molar refractivity (Wildman–Crippen MR) is 60.3 cm³/mol. The molecule has 0 unspecified atom stereocenters. The molecular weight excluding hydrogens is 190 g/mol. The van der Waals surface area contributed by atoms with Gasteiger partial charge in [0.1, 0.15) is 5.75 Å². The van der Waals surface area contributed by atoms with E-state index in [0.717, 1.165) is 5.56 Å². The molecule has 0 aliphatic carbocycles. The quantitative estimate of drug-likeness (QED) is 0.750. The molecular formula is C12H17NO2. The second-order valence-electron chi connectivity index (χ2n) is 3.39. The van der Waals surface area contributed by atoms with Crippen LogP contribution in [0.2, 0.25) is 0 Å². The fourth-order valence-corrected chi connectivity index (χ4v) is 1.41. The fraction of sp³-hybridized carbons (Fsp3) is 0.417. The summed E-state index contributed by atoms with van der Waals surface area (Å²) in [7, 11) is 0. The SMILES string of the molecule is CCOc1ccc(C)cc1C(=O)CCN. The van der Waals surface area contributed by atoms with Crippen molar-refractivity contribution in [2.45, 2.75) is 20.3 Å². The number of carbonyl (C=O) groups excluding carboxylic acids is 1. The lowest BCUT2D eigenvalue weighted by Crippen LogP contribution is -2.10. The Bertz CT molecular complexity index is 347. The molecule has 0 radical (unpaired) electrons. The zero-order valence-corrected chi connectivity index (χ0v) is 9.25. The van der Waals surface area contributed by atoms with Gasteiger partial charge >= 0.3 is 0 Å². The Labute approximate surface area is 90.2 Å². The van der Waals surface area contributed by atoms with E-state index in [1.165, 1.54) is 0 Å². The molecule has 82 valence electrons. The maximum atomic E-state index is 11.7. The van der Waals surface area contributed by atoms with Gasteiger partial charge in [0.2, 0.25) is 0 Å². The molecule has 0 aromatic heterocycles. The summed E-state index contributed by atoms with van der Waals surface area (Å²) in [5.41, 5.74) is 7.06. The third-order valence-corrected chi connectivity index (χ3v) is 2.11. The van der Waals surface area contributed by atoms with E-state index in [1.807, 2.05) is 32.0 Å². The van der Waals surface area contributed by atoms with Gasteiger partial charge in [-0.1, -0.05) is 11.6 Å². The molecule has 1 aromatic carbocycles. The molecule has 0 fully saturated rings. The number of carbonyl (C=O) groups is 1. The molecule has 0 aliphatic heterocycles. The summed E-state index contributed by atoms with van der Waals surface area (Å²) >= 11 is 0. The first kappa shape index (κ1) is 11.7. The average Bonchev–Trinajstić information content (AvgIpc) is 2.21. The molecule has 0 amide bonds. The Morgan fingerprint density at radius 2 is 2.20 bits per heavy atom. The Morgan fingerprint density at radius 1 is 1.47 bits per heavy atom. The summed E-state index contributed by atoms with van der Waals surface area (Å²) in [5, 5.41) is 0. The standard InChI is InChI=1S/C12H17NO2/c1-3-15-12-5-4-9(2)8-10(12)11(14)6-7-13/h4-5,8H,3,6-7,13H2,1-2H3. The number of ketones is 1. The van der Waals surface area contributed by atoms with Gasteiger partial charge in [-0.3, -0.25) is 4.79 Å². The zero-order chi connectivity index (χ0) is 11.3. The molecule has 0 heterocycles. The van der Waals surface area contributed by atoms with E-state index in [1.54, 1.807) is 0 Å². The Hall–Kier alpha value is -1.35. The summed E-state index contributed by atoms with van der Waals surface area (Å²) in [6.07, 6.45) is 0.365. The molecule has 3 heteroatoms. The summed E-state index contributed by atoms with van der Waals surface area (Å²) in [5.74, 6) is 0.700. The van der Waals surface area contributed by atoms with Crippen LogP contribution in [0.5, 0.6) is 5.75 Å². The van der Waals surface area contributed by atoms with Gasteiger partial charge < -0.3 is 10.5 Å². The van der Waals surface area contributed by atoms with Crippen molar-refractivity contribution in [2.75, 3.05) is 13.2 Å². The number of Topliss-reactive ketones (excluding diaryl/α,β-unsaturated/α-hetero) is 1. The highest BCUT2D eigenvalue weighted by molar-refractivity contribution is 5.98. The Kier molecular flexibility index (Phi) is 4.31. The lowest BCUT2D eigenvalue weighted by atomic mass is 10.0. The summed E-state index contributed by atoms with van der Waals surface area (Å²) in [6, 6.07) is 5.62. The highest BCUT2D eigenvalue weighted by Crippen LogP contribution is 2.21. The largest absolute Gasteiger partial charge is 0.493 e. The van der Waals surface area contributed by atoms with E-state index in [-0.39, 0.29) is 5.78 Å². The highest BCUT2D eigenvalue weighted by atomic mass is 16.5. The topological polar surface area (TPSA) is 52.3 Å². The first-order valence-electron chi connectivity index (χ1n) is 5.15. The van der Waals surface area contributed by atoms with Crippen molar-refractivity contribution < 1.29 is 9.53 Å². The van der Waals surface area contributed by atoms with Gasteiger partial charge in [-0.25, -0.2) is 0 Å². The number of rotatable bonds is 5. The van der Waals surface area contributed by atoms with Crippen molar-refractivity contribution in [2.24, 2.45) is 5.73 Å². The highest BCUT2D eigenvalue weighted by Gasteiger charge is 2.11. The van der Waals surface area contributed by atoms with Crippen molar-refractivity contribution >= 4 is 5.78 Å². The molecule has 0 saturated heterocycles. The van der Waals surface area contributed by atoms with Crippen molar-refractivity contribution in [3.05, 3.63) is 29.3 Å². The van der Waals surface area contributed by atoms with Crippen molar-refractivity contribution in [3.8, 4) is 5.75 Å². The van der Waals surface area contributed by atoms with Crippen LogP contribution in [-0.2, 0) is 0 Å². The van der Waals surface area contributed by atoms with Gasteiger partial charge in [0.05, 0.1) is 12.2 Å². The number of benzene rings is 1. The van der Waals surface area contributed by atoms with Crippen molar-refractivity contribution in [3.63, 3.8) is 0 Å². The Morgan fingerprint density at radius 3 is 2.80 bits per heavy atom. The van der Waals surface area contributed by atoms with Crippen LogP contribution in [0.25, 0.3) is 0 Å². The van der Waals surface area contributed by atoms with E-state index < -0.39 is 0 Å². The van der Waals surface area contributed by atoms with Crippen LogP contribution in [0.3, 0.4) is 0 Å². The van der Waals surface area contributed by atoms with Crippen LogP contribution in [0.15, 0.2) is 18.2 Å². The molecule has 2 N–H and O–H groups in total. The summed E-state index contributed by atoms with van der Waals surface area (Å²) in [4.78, 5) is 11.7. The minimum atomic E-state index is 0.0460. The number of hydrogen-bond acceptors (Lipinski definition) is 3. The minimum Gasteiger partial charge on any atom is -0.493 e. The number of ether oxygens (including phenoxy) is 1. The monoisotopic (exact) mass is 207 g/mol. The second-order valence-corrected chi connectivity index (χ2v) is 3.39. The van der Waals surface area contributed by atoms with Crippen LogP contribution in [-0.4, -0.2) is 18.9 Å². The van der Waals surface area contributed by atoms with E-state index in [0.29, 0.717) is 30.9 Å². The molecule has 0 atom stereocenters. The lowest BCUT2D eigenvalue weighted by molar-refractivity contribution is 0.0981. The van der Waals surface area contributed by atoms with E-state index in [4.69, 9.17) is 10.5 Å². The molecule has 0 spiro atoms. The van der Waals surface area contributed by atoms with Gasteiger partial charge in [0.25, 0.3) is 0 Å². The van der Waals surface area contributed by atoms with E-state index in [2.05, 4.69) is 0 Å². The number of nitrogens with two attached hydrogens (primary N) is 1. The number of hydrogen-bond donors (Lipinski definition) is 1. The third kappa shape index (κ3) is 3.06. The maximum absolute atomic E-state index is 11.7. The van der Waals surface area contributed by atoms with Crippen LogP contribution >= 0.6 is 0 Å². The second kappa shape index (κ2) is 5.51. The molecule has 0 bridgehead atoms. The molecule has 0 saturated carbocycles. The number of aryl methyl sites for hydroxylation is 1. The Balaban J connectivity index is 3.00. The first-order chi connectivity index (χ1) is 7.19. The van der Waals surface area contributed by atoms with Crippen molar-refractivity contribution in [1.29, 1.82) is 0 Å². The predicted octanol–water partition coefficient (Wildman–Crippen LogP) is 1.93. The van der Waals surface area contributed by atoms with E-state index in [9.17, 15) is 4.79 Å². The van der Waals surface area contributed by atoms with Crippen LogP contribution in [0.4, 0.5) is 0 Å².